The molecule has 2 aliphatic rings. The van der Waals surface area contributed by atoms with Crippen molar-refractivity contribution in [1.82, 2.24) is 29.5 Å². The maximum atomic E-state index is 13.2. The molecule has 2 aliphatic carbocycles. The molecule has 2 aromatic heterocycles. The summed E-state index contributed by atoms with van der Waals surface area (Å²) in [6.07, 6.45) is 7.34. The molecule has 3 aromatic rings. The highest BCUT2D eigenvalue weighted by molar-refractivity contribution is 7.89. The molecule has 2 heterocycles. The number of anilines is 1. The Morgan fingerprint density at radius 1 is 1.23 bits per heavy atom. The topological polar surface area (TPSA) is 149 Å². The summed E-state index contributed by atoms with van der Waals surface area (Å²) in [7, 11) is -3.78. The van der Waals surface area contributed by atoms with Crippen LogP contribution >= 0.6 is 0 Å². The van der Waals surface area contributed by atoms with Crippen LogP contribution in [0.3, 0.4) is 0 Å². The van der Waals surface area contributed by atoms with Gasteiger partial charge in [0.05, 0.1) is 22.4 Å². The van der Waals surface area contributed by atoms with E-state index in [0.29, 0.717) is 49.2 Å². The lowest BCUT2D eigenvalue weighted by Gasteiger charge is -2.27. The van der Waals surface area contributed by atoms with Crippen LogP contribution in [0.15, 0.2) is 41.9 Å². The minimum atomic E-state index is -3.78. The number of aliphatic hydroxyl groups is 1. The van der Waals surface area contributed by atoms with E-state index in [2.05, 4.69) is 24.8 Å². The Kier molecular flexibility index (Phi) is 4.40. The number of hydrogen-bond donors (Lipinski definition) is 3. The fourth-order valence-corrected chi connectivity index (χ4v) is 6.19. The van der Waals surface area contributed by atoms with Gasteiger partial charge in [-0.05, 0) is 56.7 Å². The van der Waals surface area contributed by atoms with Gasteiger partial charge in [-0.3, -0.25) is 0 Å². The van der Waals surface area contributed by atoms with Crippen LogP contribution in [0.5, 0.6) is 0 Å². The number of nitrogens with zero attached hydrogens (tertiary/aromatic N) is 5. The van der Waals surface area contributed by atoms with Crippen molar-refractivity contribution in [3.63, 3.8) is 0 Å². The van der Waals surface area contributed by atoms with Crippen LogP contribution in [0.4, 0.5) is 5.82 Å². The van der Waals surface area contributed by atoms with Crippen molar-refractivity contribution < 1.29 is 13.5 Å². The summed E-state index contributed by atoms with van der Waals surface area (Å²) in [4.78, 5) is 12.8. The predicted octanol–water partition coefficient (Wildman–Crippen LogP) is 1.34. The molecule has 0 saturated heterocycles. The normalized spacial score (nSPS) is 25.2. The number of aromatic nitrogens is 5. The first-order valence-corrected chi connectivity index (χ1v) is 11.5. The number of hydrogen-bond acceptors (Lipinski definition) is 8. The molecule has 4 N–H and O–H groups in total. The number of nitrogen functional groups attached to an aromatic ring is 1. The zero-order valence-electron chi connectivity index (χ0n) is 17.0. The van der Waals surface area contributed by atoms with Crippen molar-refractivity contribution in [3.05, 3.63) is 42.6 Å². The van der Waals surface area contributed by atoms with Crippen molar-refractivity contribution in [2.24, 2.45) is 0 Å². The van der Waals surface area contributed by atoms with E-state index in [4.69, 9.17) is 5.73 Å². The minimum Gasteiger partial charge on any atom is -0.390 e. The van der Waals surface area contributed by atoms with Crippen LogP contribution in [-0.2, 0) is 10.0 Å². The van der Waals surface area contributed by atoms with Crippen LogP contribution in [-0.4, -0.2) is 49.4 Å². The molecule has 0 aliphatic heterocycles. The summed E-state index contributed by atoms with van der Waals surface area (Å²) in [5.41, 5.74) is 6.58. The van der Waals surface area contributed by atoms with Crippen molar-refractivity contribution in [2.75, 3.05) is 5.73 Å². The second kappa shape index (κ2) is 6.81. The summed E-state index contributed by atoms with van der Waals surface area (Å²) in [6.45, 7) is 1.87. The van der Waals surface area contributed by atoms with E-state index in [0.717, 1.165) is 5.56 Å². The predicted molar refractivity (Wildman–Crippen MR) is 113 cm³/mol. The minimum absolute atomic E-state index is 0.144. The Bertz CT molecular complexity index is 1250. The Morgan fingerprint density at radius 2 is 2.00 bits per heavy atom. The first-order chi connectivity index (χ1) is 14.7. The summed E-state index contributed by atoms with van der Waals surface area (Å²) in [5.74, 6) is 0.502. The number of nitrogens with one attached hydrogen (secondary N) is 1. The molecule has 5 rings (SSSR count). The van der Waals surface area contributed by atoms with Gasteiger partial charge in [-0.1, -0.05) is 6.07 Å². The van der Waals surface area contributed by atoms with Crippen molar-refractivity contribution in [1.29, 1.82) is 0 Å². The lowest BCUT2D eigenvalue weighted by molar-refractivity contribution is 0.0521. The Balaban J connectivity index is 1.51. The molecule has 2 bridgehead atoms. The van der Waals surface area contributed by atoms with E-state index in [1.807, 2.05) is 6.92 Å². The molecule has 2 saturated carbocycles. The molecular formula is C20H23N7O3S. The summed E-state index contributed by atoms with van der Waals surface area (Å²) < 4.78 is 30.7. The van der Waals surface area contributed by atoms with Gasteiger partial charge in [0.2, 0.25) is 10.0 Å². The maximum Gasteiger partial charge on any atom is 0.241 e. The molecule has 11 heteroatoms. The zero-order chi connectivity index (χ0) is 21.9. The van der Waals surface area contributed by atoms with Crippen molar-refractivity contribution >= 4 is 15.8 Å². The smallest absolute Gasteiger partial charge is 0.241 e. The first kappa shape index (κ1) is 20.0. The Labute approximate surface area is 179 Å². The van der Waals surface area contributed by atoms with Gasteiger partial charge < -0.3 is 10.8 Å². The molecule has 162 valence electrons. The zero-order valence-corrected chi connectivity index (χ0v) is 17.8. The molecule has 0 atom stereocenters. The number of fused-ring (bicyclic) bond motifs is 2. The third-order valence-electron chi connectivity index (χ3n) is 6.37. The largest absolute Gasteiger partial charge is 0.390 e. The summed E-state index contributed by atoms with van der Waals surface area (Å²) in [6, 6.07) is 4.92. The number of sulfonamides is 1. The molecular weight excluding hydrogens is 418 g/mol. The van der Waals surface area contributed by atoms with Gasteiger partial charge in [-0.15, -0.1) is 0 Å². The quantitative estimate of drug-likeness (QED) is 0.537. The molecule has 0 amide bonds. The van der Waals surface area contributed by atoms with E-state index < -0.39 is 21.2 Å². The highest BCUT2D eigenvalue weighted by Crippen LogP contribution is 2.51. The van der Waals surface area contributed by atoms with Crippen LogP contribution < -0.4 is 10.5 Å². The second-order valence-corrected chi connectivity index (χ2v) is 10.3. The molecule has 0 unspecified atom stereocenters. The number of benzene rings is 1. The van der Waals surface area contributed by atoms with Gasteiger partial charge >= 0.3 is 0 Å². The van der Waals surface area contributed by atoms with Gasteiger partial charge in [-0.25, -0.2) is 28.1 Å². The lowest BCUT2D eigenvalue weighted by Crippen LogP contribution is -2.44. The van der Waals surface area contributed by atoms with E-state index in [-0.39, 0.29) is 10.7 Å². The monoisotopic (exact) mass is 441 g/mol. The molecule has 0 radical (unpaired) electrons. The Hall–Kier alpha value is -2.89. The molecule has 2 fully saturated rings. The van der Waals surface area contributed by atoms with Crippen LogP contribution in [0.25, 0.3) is 17.1 Å². The third-order valence-corrected chi connectivity index (χ3v) is 7.94. The number of aryl methyl sites for hydroxylation is 1. The van der Waals surface area contributed by atoms with Gasteiger partial charge in [0.25, 0.3) is 0 Å². The van der Waals surface area contributed by atoms with Gasteiger partial charge in [0.1, 0.15) is 12.7 Å². The fraction of sp³-hybridized carbons (Fsp3) is 0.400. The molecule has 0 spiro atoms. The van der Waals surface area contributed by atoms with E-state index >= 15 is 0 Å². The molecule has 10 nitrogen and oxygen atoms in total. The van der Waals surface area contributed by atoms with E-state index in [9.17, 15) is 13.5 Å². The van der Waals surface area contributed by atoms with Gasteiger partial charge in [0.15, 0.2) is 11.6 Å². The first-order valence-electron chi connectivity index (χ1n) is 10.0. The fourth-order valence-electron chi connectivity index (χ4n) is 4.71. The Morgan fingerprint density at radius 3 is 2.65 bits per heavy atom. The highest BCUT2D eigenvalue weighted by Gasteiger charge is 2.55. The standard InChI is InChI=1S/C20H23N7O3S/c1-13-2-3-14(31(29,30)26-19-4-6-20(28,10-19)7-5-19)8-15(13)16-9-23-17(21)18(25-16)27-12-22-11-24-27/h2-3,8-9,11-12,26,28H,4-7,10H2,1H3,(H2,21,23). The second-order valence-electron chi connectivity index (χ2n) is 8.57. The van der Waals surface area contributed by atoms with Crippen molar-refractivity contribution in [3.8, 4) is 17.1 Å². The maximum absolute atomic E-state index is 13.2. The van der Waals surface area contributed by atoms with Crippen LogP contribution in [0.1, 0.15) is 37.7 Å². The average Bonchev–Trinajstić information content (AvgIpc) is 3.43. The number of rotatable bonds is 5. The van der Waals surface area contributed by atoms with E-state index in [1.165, 1.54) is 23.5 Å². The molecule has 1 aromatic carbocycles. The number of nitrogens with two attached hydrogens (primary N) is 1. The van der Waals surface area contributed by atoms with Crippen LogP contribution in [0.2, 0.25) is 0 Å². The average molecular weight is 442 g/mol. The summed E-state index contributed by atoms with van der Waals surface area (Å²) in [5, 5.41) is 14.5. The van der Waals surface area contributed by atoms with E-state index in [1.54, 1.807) is 18.2 Å². The van der Waals surface area contributed by atoms with Crippen molar-refractivity contribution in [2.45, 2.75) is 55.1 Å². The molecule has 31 heavy (non-hydrogen) atoms. The lowest BCUT2D eigenvalue weighted by atomic mass is 9.94. The SMILES string of the molecule is Cc1ccc(S(=O)(=O)NC23CCC(O)(CC2)C3)cc1-c1cnc(N)c(-n2cncn2)n1. The highest BCUT2D eigenvalue weighted by atomic mass is 32.2. The summed E-state index contributed by atoms with van der Waals surface area (Å²) >= 11 is 0. The van der Waals surface area contributed by atoms with Gasteiger partial charge in [-0.2, -0.15) is 9.78 Å². The third kappa shape index (κ3) is 3.48. The van der Waals surface area contributed by atoms with Crippen LogP contribution in [0, 0.1) is 6.92 Å². The van der Waals surface area contributed by atoms with Gasteiger partial charge in [0, 0.05) is 11.1 Å².